The molecule has 64 heavy (non-hydrogen) atoms. The van der Waals surface area contributed by atoms with E-state index in [1.165, 1.54) is 42.5 Å². The highest BCUT2D eigenvalue weighted by Crippen LogP contribution is 2.40. The van der Waals surface area contributed by atoms with Crippen molar-refractivity contribution in [3.63, 3.8) is 0 Å². The lowest BCUT2D eigenvalue weighted by Gasteiger charge is -2.44. The van der Waals surface area contributed by atoms with E-state index in [9.17, 15) is 36.8 Å². The fourth-order valence-corrected chi connectivity index (χ4v) is 11.8. The summed E-state index contributed by atoms with van der Waals surface area (Å²) in [6, 6.07) is 16.8. The van der Waals surface area contributed by atoms with Crippen molar-refractivity contribution in [2.45, 2.75) is 67.2 Å². The van der Waals surface area contributed by atoms with Crippen LogP contribution >= 0.6 is 35.0 Å². The van der Waals surface area contributed by atoms with Crippen molar-refractivity contribution < 1.29 is 55.3 Å². The molecule has 4 atom stereocenters. The summed E-state index contributed by atoms with van der Waals surface area (Å²) in [6.07, 6.45) is 4.03. The van der Waals surface area contributed by atoms with Crippen LogP contribution in [0.1, 0.15) is 64.9 Å². The molecule has 5 aliphatic rings. The zero-order chi connectivity index (χ0) is 45.1. The predicted molar refractivity (Wildman–Crippen MR) is 232 cm³/mol. The highest BCUT2D eigenvalue weighted by Gasteiger charge is 2.43. The van der Waals surface area contributed by atoms with E-state index in [1.54, 1.807) is 30.3 Å². The number of sulfonamides is 1. The fourth-order valence-electron chi connectivity index (χ4n) is 8.08. The summed E-state index contributed by atoms with van der Waals surface area (Å²) in [5, 5.41) is 13.3. The van der Waals surface area contributed by atoms with E-state index in [-0.39, 0.29) is 86.4 Å². The monoisotopic (exact) mass is 960 g/mol. The molecule has 5 heterocycles. The Morgan fingerprint density at radius 3 is 2.31 bits per heavy atom. The summed E-state index contributed by atoms with van der Waals surface area (Å²) in [5.41, 5.74) is 0.912. The minimum atomic E-state index is -4.47. The second-order valence-corrected chi connectivity index (χ2v) is 20.0. The molecule has 1 amide bonds. The summed E-state index contributed by atoms with van der Waals surface area (Å²) >= 11 is 13.9. The van der Waals surface area contributed by atoms with Gasteiger partial charge in [-0.15, -0.1) is 11.8 Å². The molecule has 4 aliphatic heterocycles. The van der Waals surface area contributed by atoms with Gasteiger partial charge < -0.3 is 29.5 Å². The maximum atomic E-state index is 14.4. The van der Waals surface area contributed by atoms with Crippen molar-refractivity contribution >= 4 is 62.8 Å². The van der Waals surface area contributed by atoms with E-state index in [2.05, 4.69) is 10.2 Å². The van der Waals surface area contributed by atoms with Crippen molar-refractivity contribution in [2.24, 2.45) is 11.8 Å². The Hall–Kier alpha value is -4.72. The molecule has 1 saturated carbocycles. The number of amides is 1. The fraction of sp³-hybridized carbons (Fsp3) is 0.409. The summed E-state index contributed by atoms with van der Waals surface area (Å²) in [4.78, 5) is 43.8. The molecular weight excluding hydrogens is 918 g/mol. The van der Waals surface area contributed by atoms with E-state index in [0.29, 0.717) is 16.8 Å². The number of benzene rings is 3. The van der Waals surface area contributed by atoms with Crippen LogP contribution in [0.25, 0.3) is 0 Å². The van der Waals surface area contributed by atoms with Gasteiger partial charge >= 0.3 is 18.6 Å². The topological polar surface area (TPSA) is 168 Å². The molecule has 4 saturated heterocycles. The first kappa shape index (κ1) is 45.8. The van der Waals surface area contributed by atoms with Crippen LogP contribution in [0.3, 0.4) is 0 Å². The van der Waals surface area contributed by atoms with Gasteiger partial charge in [-0.3, -0.25) is 9.69 Å². The summed E-state index contributed by atoms with van der Waals surface area (Å²) in [7, 11) is -4.47. The average molecular weight is 962 g/mol. The van der Waals surface area contributed by atoms with Gasteiger partial charge in [-0.25, -0.2) is 18.0 Å². The predicted octanol–water partition coefficient (Wildman–Crippen LogP) is 6.72. The molecule has 14 nitrogen and oxygen atoms in total. The molecule has 9 rings (SSSR count). The van der Waals surface area contributed by atoms with Crippen molar-refractivity contribution in [3.8, 4) is 11.5 Å². The Bertz CT molecular complexity index is 2460. The Kier molecular flexibility index (Phi) is 14.2. The number of ether oxygens (including phenoxy) is 4. The third kappa shape index (κ3) is 10.7. The molecular formula is C44H44Cl2F2N4O10S2. The second kappa shape index (κ2) is 19.8. The maximum absolute atomic E-state index is 14.4. The number of nitrogens with one attached hydrogen (secondary N) is 1. The number of aromatic nitrogens is 1. The zero-order valence-electron chi connectivity index (χ0n) is 34.2. The Labute approximate surface area is 382 Å². The molecule has 1 unspecified atom stereocenters. The van der Waals surface area contributed by atoms with Gasteiger partial charge in [-0.2, -0.15) is 17.8 Å². The van der Waals surface area contributed by atoms with E-state index in [4.69, 9.17) is 42.1 Å². The SMILES string of the molecule is O=C(NC(C(=O)O[C@H]1CN2CCC1CC2)c1ccccc1)c1cccc(S(=O)(=O)N2CCS[C@H]2C(=O)O[C@@H](Cc2c(Cl)c[n+]([O-])cc2Cl)c2ccc(OC(F)F)c(OCC3CC3)c2)c1. The maximum Gasteiger partial charge on any atom is 0.387 e. The largest absolute Gasteiger partial charge is 0.619 e. The van der Waals surface area contributed by atoms with Crippen molar-refractivity contribution in [3.05, 3.63) is 123 Å². The number of alkyl halides is 2. The Balaban J connectivity index is 1.02. The normalized spacial score (nSPS) is 21.8. The number of hydrogen-bond acceptors (Lipinski definition) is 12. The lowest BCUT2D eigenvalue weighted by atomic mass is 9.86. The van der Waals surface area contributed by atoms with Crippen molar-refractivity contribution in [1.29, 1.82) is 0 Å². The van der Waals surface area contributed by atoms with Gasteiger partial charge in [-0.1, -0.05) is 65.7 Å². The number of esters is 2. The van der Waals surface area contributed by atoms with Crippen LogP contribution in [0.5, 0.6) is 11.5 Å². The van der Waals surface area contributed by atoms with Gasteiger partial charge in [0.05, 0.1) is 11.5 Å². The van der Waals surface area contributed by atoms with E-state index < -0.39 is 52.0 Å². The number of nitrogens with zero attached hydrogens (tertiary/aromatic N) is 3. The van der Waals surface area contributed by atoms with Crippen molar-refractivity contribution in [1.82, 2.24) is 14.5 Å². The highest BCUT2D eigenvalue weighted by atomic mass is 35.5. The summed E-state index contributed by atoms with van der Waals surface area (Å²) < 4.78 is 79.5. The van der Waals surface area contributed by atoms with Gasteiger partial charge in [0.1, 0.15) is 22.3 Å². The average Bonchev–Trinajstić information content (AvgIpc) is 3.97. The number of carbonyl (C=O) groups is 3. The third-order valence-corrected chi connectivity index (χ3v) is 15.5. The molecule has 0 spiro atoms. The molecule has 340 valence electrons. The van der Waals surface area contributed by atoms with Gasteiger partial charge in [0.25, 0.3) is 5.91 Å². The molecule has 0 radical (unpaired) electrons. The van der Waals surface area contributed by atoms with E-state index in [0.717, 1.165) is 67.2 Å². The number of carbonyl (C=O) groups excluding carboxylic acids is 3. The summed E-state index contributed by atoms with van der Waals surface area (Å²) in [6.45, 7) is -0.479. The lowest BCUT2D eigenvalue weighted by molar-refractivity contribution is -0.605. The smallest absolute Gasteiger partial charge is 0.387 e. The standard InChI is InChI=1S/C44H44Cl2F2N4O10S2/c45-33-22-51(56)23-34(46)32(33)21-36(29-11-12-35(62-44(47)48)37(20-29)59-25-26-9-10-26)60-43(55)41-52(17-18-63-41)64(57,58)31-8-4-7-30(19-31)40(53)49-39(28-5-2-1-3-6-28)42(54)61-38-24-50-15-13-27(38)14-16-50/h1-8,11-12,19-20,22-23,26-27,36,38-39,41,44H,9-10,13-18,21,24-25H2,(H,49,53)/t36-,38-,39?,41-/m0/s1. The number of thioether (sulfide) groups is 1. The van der Waals surface area contributed by atoms with Gasteiger partial charge in [0, 0.05) is 36.4 Å². The minimum Gasteiger partial charge on any atom is -0.619 e. The van der Waals surface area contributed by atoms with Gasteiger partial charge in [0.15, 0.2) is 35.3 Å². The number of fused-ring (bicyclic) bond motifs is 3. The third-order valence-electron chi connectivity index (χ3n) is 11.7. The van der Waals surface area contributed by atoms with E-state index >= 15 is 0 Å². The van der Waals surface area contributed by atoms with Crippen LogP contribution in [0, 0.1) is 17.0 Å². The van der Waals surface area contributed by atoms with Crippen molar-refractivity contribution in [2.75, 3.05) is 38.5 Å². The van der Waals surface area contributed by atoms with Crippen LogP contribution in [0.4, 0.5) is 8.78 Å². The minimum absolute atomic E-state index is 0.0296. The quantitative estimate of drug-likeness (QED) is 0.0676. The molecule has 1 N–H and O–H groups in total. The molecule has 4 aromatic rings. The number of piperidine rings is 3. The van der Waals surface area contributed by atoms with Gasteiger partial charge in [-0.05, 0) is 92.1 Å². The number of halogens is 4. The molecule has 1 aromatic heterocycles. The summed E-state index contributed by atoms with van der Waals surface area (Å²) in [5.74, 6) is -1.90. The molecule has 5 fully saturated rings. The number of hydrogen-bond donors (Lipinski definition) is 1. The highest BCUT2D eigenvalue weighted by molar-refractivity contribution is 8.02. The lowest BCUT2D eigenvalue weighted by Crippen LogP contribution is -2.52. The van der Waals surface area contributed by atoms with Crippen LogP contribution < -0.4 is 19.5 Å². The van der Waals surface area contributed by atoms with E-state index in [1.807, 2.05) is 0 Å². The first-order valence-electron chi connectivity index (χ1n) is 20.7. The Morgan fingerprint density at radius 2 is 1.64 bits per heavy atom. The molecule has 1 aliphatic carbocycles. The van der Waals surface area contributed by atoms with Crippen LogP contribution in [0.2, 0.25) is 10.0 Å². The van der Waals surface area contributed by atoms with Gasteiger partial charge in [0.2, 0.25) is 10.0 Å². The number of pyridine rings is 1. The zero-order valence-corrected chi connectivity index (χ0v) is 37.3. The molecule has 20 heteroatoms. The second-order valence-electron chi connectivity index (χ2n) is 16.1. The molecule has 2 bridgehead atoms. The van der Waals surface area contributed by atoms with Crippen LogP contribution in [-0.2, 0) is 35.5 Å². The first-order chi connectivity index (χ1) is 30.7. The Morgan fingerprint density at radius 1 is 0.906 bits per heavy atom. The van der Waals surface area contributed by atoms with Crippen LogP contribution in [0.15, 0.2) is 90.1 Å². The molecule has 3 aromatic carbocycles. The van der Waals surface area contributed by atoms with Crippen LogP contribution in [-0.4, -0.2) is 92.1 Å². The first-order valence-corrected chi connectivity index (χ1v) is 24.0. The number of rotatable bonds is 17.